The first kappa shape index (κ1) is 20.7. The van der Waals surface area contributed by atoms with E-state index in [4.69, 9.17) is 32.1 Å². The number of halogens is 2. The lowest BCUT2D eigenvalue weighted by atomic mass is 10.3. The summed E-state index contributed by atoms with van der Waals surface area (Å²) < 4.78 is 12.5. The second-order valence-corrected chi connectivity index (χ2v) is 18.5. The fourth-order valence-electron chi connectivity index (χ4n) is 2.07. The van der Waals surface area contributed by atoms with Gasteiger partial charge in [-0.1, -0.05) is 35.0 Å². The molecule has 2 rings (SSSR count). The van der Waals surface area contributed by atoms with Crippen LogP contribution >= 0.6 is 35.0 Å². The lowest BCUT2D eigenvalue weighted by molar-refractivity contribution is 0.541. The van der Waals surface area contributed by atoms with Crippen molar-refractivity contribution < 1.29 is 8.85 Å². The fraction of sp³-hybridized carbons (Fsp3) is 0.333. The first-order valence-electron chi connectivity index (χ1n) is 8.08. The Labute approximate surface area is 167 Å². The van der Waals surface area contributed by atoms with Crippen LogP contribution in [-0.2, 0) is 0 Å². The summed E-state index contributed by atoms with van der Waals surface area (Å²) >= 11 is 14.0. The zero-order valence-electron chi connectivity index (χ0n) is 15.4. The second-order valence-electron chi connectivity index (χ2n) is 7.71. The highest BCUT2D eigenvalue weighted by Gasteiger charge is 2.22. The van der Waals surface area contributed by atoms with Crippen LogP contribution in [0.2, 0.25) is 49.3 Å². The van der Waals surface area contributed by atoms with Crippen molar-refractivity contribution in [1.29, 1.82) is 0 Å². The smallest absolute Gasteiger partial charge is 0.242 e. The van der Waals surface area contributed by atoms with Gasteiger partial charge in [-0.3, -0.25) is 0 Å². The molecule has 0 bridgehead atoms. The van der Waals surface area contributed by atoms with E-state index in [1.54, 1.807) is 11.8 Å². The van der Waals surface area contributed by atoms with Gasteiger partial charge < -0.3 is 8.85 Å². The van der Waals surface area contributed by atoms with Gasteiger partial charge in [-0.25, -0.2) is 0 Å². The molecule has 0 atom stereocenters. The Kier molecular flexibility index (Phi) is 6.60. The summed E-state index contributed by atoms with van der Waals surface area (Å²) in [4.78, 5) is 1.94. The molecule has 0 amide bonds. The predicted molar refractivity (Wildman–Crippen MR) is 115 cm³/mol. The number of hydrogen-bond acceptors (Lipinski definition) is 3. The lowest BCUT2D eigenvalue weighted by Crippen LogP contribution is -2.29. The third kappa shape index (κ3) is 6.91. The fourth-order valence-corrected chi connectivity index (χ4v) is 5.40. The maximum absolute atomic E-state index is 6.23. The molecule has 0 spiro atoms. The van der Waals surface area contributed by atoms with E-state index in [2.05, 4.69) is 39.3 Å². The summed E-state index contributed by atoms with van der Waals surface area (Å²) in [5.41, 5.74) is 0. The van der Waals surface area contributed by atoms with Gasteiger partial charge in [0.2, 0.25) is 16.6 Å². The molecule has 0 heterocycles. The summed E-state index contributed by atoms with van der Waals surface area (Å²) in [6.45, 7) is 13.0. The largest absolute Gasteiger partial charge is 0.544 e. The Morgan fingerprint density at radius 1 is 0.680 bits per heavy atom. The molecule has 0 aromatic heterocycles. The summed E-state index contributed by atoms with van der Waals surface area (Å²) in [7, 11) is -3.47. The molecule has 0 aliphatic heterocycles. The van der Waals surface area contributed by atoms with Crippen molar-refractivity contribution in [2.75, 3.05) is 0 Å². The molecule has 2 aromatic rings. The van der Waals surface area contributed by atoms with Gasteiger partial charge >= 0.3 is 0 Å². The third-order valence-corrected chi connectivity index (χ3v) is 6.08. The van der Waals surface area contributed by atoms with Gasteiger partial charge in [-0.2, -0.15) is 0 Å². The van der Waals surface area contributed by atoms with Crippen LogP contribution in [0.4, 0.5) is 0 Å². The van der Waals surface area contributed by atoms with E-state index in [-0.39, 0.29) is 0 Å². The van der Waals surface area contributed by atoms with Gasteiger partial charge in [0.15, 0.2) is 0 Å². The maximum atomic E-state index is 6.23. The minimum Gasteiger partial charge on any atom is -0.544 e. The van der Waals surface area contributed by atoms with E-state index in [0.717, 1.165) is 21.3 Å². The summed E-state index contributed by atoms with van der Waals surface area (Å²) in [5, 5.41) is 1.36. The van der Waals surface area contributed by atoms with Gasteiger partial charge in [-0.15, -0.1) is 0 Å². The first-order chi connectivity index (χ1) is 11.4. The Morgan fingerprint density at radius 2 is 1.04 bits per heavy atom. The molecule has 0 radical (unpaired) electrons. The van der Waals surface area contributed by atoms with Gasteiger partial charge in [0.25, 0.3) is 0 Å². The number of rotatable bonds is 6. The molecule has 0 fully saturated rings. The monoisotopic (exact) mass is 430 g/mol. The molecule has 2 aromatic carbocycles. The van der Waals surface area contributed by atoms with Crippen molar-refractivity contribution in [3.8, 4) is 11.5 Å². The second kappa shape index (κ2) is 7.96. The lowest BCUT2D eigenvalue weighted by Gasteiger charge is -2.23. The van der Waals surface area contributed by atoms with Crippen LogP contribution in [0, 0.1) is 0 Å². The zero-order chi connectivity index (χ0) is 18.8. The molecule has 25 heavy (non-hydrogen) atoms. The maximum Gasteiger partial charge on any atom is 0.242 e. The van der Waals surface area contributed by atoms with Crippen LogP contribution in [-0.4, -0.2) is 16.6 Å². The molecule has 0 N–H and O–H groups in total. The highest BCUT2D eigenvalue weighted by molar-refractivity contribution is 7.99. The van der Waals surface area contributed by atoms with Gasteiger partial charge in [-0.05, 0) is 75.7 Å². The van der Waals surface area contributed by atoms with Crippen LogP contribution in [0.5, 0.6) is 11.5 Å². The van der Waals surface area contributed by atoms with E-state index in [0.29, 0.717) is 10.0 Å². The molecule has 0 aliphatic rings. The molecule has 0 saturated heterocycles. The van der Waals surface area contributed by atoms with E-state index in [9.17, 15) is 0 Å². The van der Waals surface area contributed by atoms with Crippen molar-refractivity contribution in [1.82, 2.24) is 0 Å². The highest BCUT2D eigenvalue weighted by Crippen LogP contribution is 2.43. The topological polar surface area (TPSA) is 18.5 Å². The Balaban J connectivity index is 2.42. The van der Waals surface area contributed by atoms with Crippen molar-refractivity contribution >= 4 is 51.6 Å². The molecular formula is C18H24Cl2O2SSi2. The number of hydrogen-bond donors (Lipinski definition) is 0. The Morgan fingerprint density at radius 3 is 1.36 bits per heavy atom. The average molecular weight is 432 g/mol. The van der Waals surface area contributed by atoms with Gasteiger partial charge in [0, 0.05) is 10.0 Å². The first-order valence-corrected chi connectivity index (χ1v) is 16.5. The molecular weight excluding hydrogens is 407 g/mol. The average Bonchev–Trinajstić information content (AvgIpc) is 2.42. The van der Waals surface area contributed by atoms with Crippen molar-refractivity contribution in [3.05, 3.63) is 46.4 Å². The van der Waals surface area contributed by atoms with Gasteiger partial charge in [0.05, 0.1) is 9.79 Å². The van der Waals surface area contributed by atoms with Crippen LogP contribution in [0.15, 0.2) is 46.2 Å². The summed E-state index contributed by atoms with van der Waals surface area (Å²) in [6.07, 6.45) is 0. The minimum atomic E-state index is -1.73. The molecule has 0 saturated carbocycles. The van der Waals surface area contributed by atoms with E-state index in [1.807, 2.05) is 36.4 Å². The molecule has 136 valence electrons. The van der Waals surface area contributed by atoms with Crippen molar-refractivity contribution in [2.45, 2.75) is 49.1 Å². The minimum absolute atomic E-state index is 0.681. The van der Waals surface area contributed by atoms with E-state index < -0.39 is 16.6 Å². The summed E-state index contributed by atoms with van der Waals surface area (Å²) in [5.74, 6) is 1.71. The molecule has 7 heteroatoms. The Hall–Kier alpha value is -0.596. The van der Waals surface area contributed by atoms with Crippen molar-refractivity contribution in [3.63, 3.8) is 0 Å². The third-order valence-electron chi connectivity index (χ3n) is 2.86. The van der Waals surface area contributed by atoms with Gasteiger partial charge in [0.1, 0.15) is 11.5 Å². The van der Waals surface area contributed by atoms with Crippen LogP contribution < -0.4 is 8.85 Å². The van der Waals surface area contributed by atoms with Crippen LogP contribution in [0.1, 0.15) is 0 Å². The number of benzene rings is 2. The zero-order valence-corrected chi connectivity index (χ0v) is 19.8. The highest BCUT2D eigenvalue weighted by atomic mass is 35.5. The van der Waals surface area contributed by atoms with Crippen molar-refractivity contribution in [2.24, 2.45) is 0 Å². The molecule has 0 unspecified atom stereocenters. The molecule has 0 aliphatic carbocycles. The SMILES string of the molecule is C[Si](C)(C)Oc1ccc(Cl)cc1Sc1cc(Cl)ccc1O[Si](C)(C)C. The quantitative estimate of drug-likeness (QED) is 0.439. The van der Waals surface area contributed by atoms with E-state index in [1.165, 1.54) is 0 Å². The summed E-state index contributed by atoms with van der Waals surface area (Å²) in [6, 6.07) is 11.5. The normalized spacial score (nSPS) is 12.2. The van der Waals surface area contributed by atoms with Crippen LogP contribution in [0.25, 0.3) is 0 Å². The van der Waals surface area contributed by atoms with Crippen LogP contribution in [0.3, 0.4) is 0 Å². The van der Waals surface area contributed by atoms with E-state index >= 15 is 0 Å². The predicted octanol–water partition coefficient (Wildman–Crippen LogP) is 7.57. The standard InChI is InChI=1S/C18H24Cl2O2SSi2/c1-24(2,3)21-15-9-7-13(19)11-17(15)23-18-12-14(20)8-10-16(18)22-25(4,5)6/h7-12H,1-6H3. The Bertz CT molecular complexity index is 692. The molecule has 2 nitrogen and oxygen atoms in total.